The normalized spacial score (nSPS) is 10.3. The third kappa shape index (κ3) is 7.20. The third-order valence-corrected chi connectivity index (χ3v) is 5.01. The number of carbonyl (C=O) groups is 1. The molecule has 0 fully saturated rings. The van der Waals surface area contributed by atoms with Crippen molar-refractivity contribution >= 4 is 28.6 Å². The van der Waals surface area contributed by atoms with Gasteiger partial charge in [-0.15, -0.1) is 22.7 Å². The number of benzene rings is 1. The molecule has 0 saturated heterocycles. The number of aromatic nitrogens is 2. The molecule has 2 heterocycles. The molecule has 1 aromatic carbocycles. The van der Waals surface area contributed by atoms with Crippen molar-refractivity contribution in [2.24, 2.45) is 0 Å². The van der Waals surface area contributed by atoms with Crippen molar-refractivity contribution in [3.63, 3.8) is 0 Å². The summed E-state index contributed by atoms with van der Waals surface area (Å²) in [6, 6.07) is 9.79. The average molecular weight is 405 g/mol. The quantitative estimate of drug-likeness (QED) is 0.456. The highest BCUT2D eigenvalue weighted by Crippen LogP contribution is 2.26. The van der Waals surface area contributed by atoms with Gasteiger partial charge in [0, 0.05) is 10.8 Å². The van der Waals surface area contributed by atoms with E-state index in [9.17, 15) is 4.79 Å². The van der Waals surface area contributed by atoms with Crippen LogP contribution in [0.3, 0.4) is 0 Å². The number of aliphatic carboxylic acids is 1. The lowest BCUT2D eigenvalue weighted by Gasteiger charge is -2.02. The Kier molecular flexibility index (Phi) is 8.47. The fourth-order valence-electron chi connectivity index (χ4n) is 1.86. The maximum absolute atomic E-state index is 9.59. The number of thiazole rings is 2. The number of para-hydroxylation sites is 1. The van der Waals surface area contributed by atoms with Crippen LogP contribution in [0.1, 0.15) is 17.6 Å². The predicted molar refractivity (Wildman–Crippen MR) is 107 cm³/mol. The van der Waals surface area contributed by atoms with Crippen LogP contribution in [0, 0.1) is 0 Å². The summed E-state index contributed by atoms with van der Waals surface area (Å²) < 4.78 is 9.99. The molecule has 6 nitrogen and oxygen atoms in total. The molecule has 0 saturated carbocycles. The van der Waals surface area contributed by atoms with Gasteiger partial charge in [0.2, 0.25) is 0 Å². The maximum Gasteiger partial charge on any atom is 0.331 e. The van der Waals surface area contributed by atoms with E-state index >= 15 is 0 Å². The molecule has 3 aromatic rings. The van der Waals surface area contributed by atoms with Crippen molar-refractivity contribution in [2.45, 2.75) is 20.0 Å². The first kappa shape index (κ1) is 20.6. The molecule has 0 bridgehead atoms. The highest BCUT2D eigenvalue weighted by atomic mass is 32.1. The second-order valence-electron chi connectivity index (χ2n) is 5.10. The third-order valence-electron chi connectivity index (χ3n) is 3.10. The number of carboxylic acid groups (broad SMARTS) is 1. The van der Waals surface area contributed by atoms with Crippen molar-refractivity contribution in [3.05, 3.63) is 64.1 Å². The van der Waals surface area contributed by atoms with Crippen LogP contribution in [-0.2, 0) is 22.6 Å². The number of hydrogen-bond donors (Lipinski definition) is 1. The van der Waals surface area contributed by atoms with Crippen LogP contribution in [0.5, 0.6) is 5.75 Å². The Morgan fingerprint density at radius 3 is 2.56 bits per heavy atom. The molecule has 0 aliphatic carbocycles. The second kappa shape index (κ2) is 11.1. The zero-order valence-electron chi connectivity index (χ0n) is 15.0. The van der Waals surface area contributed by atoms with Crippen LogP contribution in [0.4, 0.5) is 0 Å². The maximum atomic E-state index is 9.59. The van der Waals surface area contributed by atoms with Gasteiger partial charge in [0.15, 0.2) is 0 Å². The molecular weight excluding hydrogens is 384 g/mol. The summed E-state index contributed by atoms with van der Waals surface area (Å²) in [4.78, 5) is 18.7. The van der Waals surface area contributed by atoms with Crippen molar-refractivity contribution in [1.82, 2.24) is 9.97 Å². The van der Waals surface area contributed by atoms with Gasteiger partial charge < -0.3 is 14.6 Å². The summed E-state index contributed by atoms with van der Waals surface area (Å²) >= 11 is 3.30. The Balaban J connectivity index is 0.000000321. The summed E-state index contributed by atoms with van der Waals surface area (Å²) in [5, 5.41) is 14.1. The zero-order chi connectivity index (χ0) is 19.5. The lowest BCUT2D eigenvalue weighted by atomic mass is 10.3. The Bertz CT molecular complexity index is 859. The Hall–Kier alpha value is -2.71. The number of methoxy groups -OCH3 is 1. The second-order valence-corrected chi connectivity index (χ2v) is 6.90. The minimum absolute atomic E-state index is 0.491. The molecule has 27 heavy (non-hydrogen) atoms. The highest BCUT2D eigenvalue weighted by Gasteiger charge is 2.09. The molecule has 8 heteroatoms. The van der Waals surface area contributed by atoms with Gasteiger partial charge in [0.1, 0.15) is 23.1 Å². The van der Waals surface area contributed by atoms with E-state index in [-0.39, 0.29) is 0 Å². The summed E-state index contributed by atoms with van der Waals surface area (Å²) in [6.07, 6.45) is 2.99. The van der Waals surface area contributed by atoms with Gasteiger partial charge in [-0.3, -0.25) is 0 Å². The van der Waals surface area contributed by atoms with Crippen molar-refractivity contribution in [2.75, 3.05) is 7.11 Å². The molecule has 142 valence electrons. The molecule has 0 radical (unpaired) electrons. The average Bonchev–Trinajstić information content (AvgIpc) is 3.35. The van der Waals surface area contributed by atoms with Crippen LogP contribution in [-0.4, -0.2) is 28.2 Å². The van der Waals surface area contributed by atoms with Gasteiger partial charge in [0.05, 0.1) is 30.1 Å². The molecule has 0 spiro atoms. The van der Waals surface area contributed by atoms with Crippen LogP contribution in [0.15, 0.2) is 53.4 Å². The first-order valence-corrected chi connectivity index (χ1v) is 9.87. The summed E-state index contributed by atoms with van der Waals surface area (Å²) in [6.45, 7) is 2.61. The highest BCUT2D eigenvalue weighted by molar-refractivity contribution is 7.14. The molecular formula is C19H20N2O4S2. The van der Waals surface area contributed by atoms with Gasteiger partial charge in [-0.05, 0) is 18.6 Å². The lowest BCUT2D eigenvalue weighted by molar-refractivity contribution is -0.131. The van der Waals surface area contributed by atoms with E-state index in [1.54, 1.807) is 22.7 Å². The smallest absolute Gasteiger partial charge is 0.331 e. The Morgan fingerprint density at radius 1 is 1.19 bits per heavy atom. The number of ether oxygens (including phenoxy) is 2. The van der Waals surface area contributed by atoms with Crippen LogP contribution in [0.2, 0.25) is 0 Å². The molecule has 0 amide bonds. The minimum atomic E-state index is -0.998. The SMILES string of the molecule is CCc1nc(-c2nc(COc3ccccc3)cs2)cs1.COC=CC(=O)O. The fraction of sp³-hybridized carbons (Fsp3) is 0.211. The van der Waals surface area contributed by atoms with Gasteiger partial charge in [-0.2, -0.15) is 0 Å². The molecule has 3 rings (SSSR count). The molecule has 1 N–H and O–H groups in total. The largest absolute Gasteiger partial charge is 0.504 e. The number of rotatable bonds is 7. The topological polar surface area (TPSA) is 81.5 Å². The predicted octanol–water partition coefficient (Wildman–Crippen LogP) is 4.64. The summed E-state index contributed by atoms with van der Waals surface area (Å²) in [5.41, 5.74) is 1.92. The van der Waals surface area contributed by atoms with E-state index in [2.05, 4.69) is 27.0 Å². The summed E-state index contributed by atoms with van der Waals surface area (Å²) in [5.74, 6) is -0.133. The number of aryl methyl sites for hydroxylation is 1. The fourth-order valence-corrected chi connectivity index (χ4v) is 3.43. The van der Waals surface area contributed by atoms with Crippen LogP contribution >= 0.6 is 22.7 Å². The van der Waals surface area contributed by atoms with Crippen LogP contribution in [0.25, 0.3) is 10.7 Å². The molecule has 2 aromatic heterocycles. The first-order valence-electron chi connectivity index (χ1n) is 8.11. The molecule has 0 aliphatic rings. The number of hydrogen-bond acceptors (Lipinski definition) is 7. The van der Waals surface area contributed by atoms with Crippen molar-refractivity contribution in [1.29, 1.82) is 0 Å². The van der Waals surface area contributed by atoms with E-state index in [0.29, 0.717) is 6.61 Å². The lowest BCUT2D eigenvalue weighted by Crippen LogP contribution is -1.95. The van der Waals surface area contributed by atoms with Crippen molar-refractivity contribution < 1.29 is 19.4 Å². The Morgan fingerprint density at radius 2 is 1.96 bits per heavy atom. The number of nitrogens with zero attached hydrogens (tertiary/aromatic N) is 2. The van der Waals surface area contributed by atoms with E-state index in [1.165, 1.54) is 7.11 Å². The van der Waals surface area contributed by atoms with Gasteiger partial charge in [0.25, 0.3) is 0 Å². The first-order chi connectivity index (χ1) is 13.1. The standard InChI is InChI=1S/C15H14N2OS2.C4H6O3/c1-2-14-17-13(10-19-14)15-16-11(9-20-15)8-18-12-6-4-3-5-7-12;1-7-3-2-4(5)6/h3-7,9-10H,2,8H2,1H3;2-3H,1H3,(H,5,6). The minimum Gasteiger partial charge on any atom is -0.504 e. The number of carboxylic acids is 1. The van der Waals surface area contributed by atoms with E-state index < -0.39 is 5.97 Å². The van der Waals surface area contributed by atoms with E-state index in [4.69, 9.17) is 9.84 Å². The van der Waals surface area contributed by atoms with E-state index in [1.807, 2.05) is 35.7 Å². The van der Waals surface area contributed by atoms with Crippen LogP contribution < -0.4 is 4.74 Å². The van der Waals surface area contributed by atoms with Gasteiger partial charge in [-0.25, -0.2) is 14.8 Å². The molecule has 0 aliphatic heterocycles. The zero-order valence-corrected chi connectivity index (χ0v) is 16.6. The molecule has 0 unspecified atom stereocenters. The molecule has 0 atom stereocenters. The van der Waals surface area contributed by atoms with Gasteiger partial charge >= 0.3 is 5.97 Å². The van der Waals surface area contributed by atoms with Gasteiger partial charge in [-0.1, -0.05) is 25.1 Å². The monoisotopic (exact) mass is 404 g/mol. The van der Waals surface area contributed by atoms with E-state index in [0.717, 1.165) is 45.9 Å². The Labute approximate surface area is 165 Å². The van der Waals surface area contributed by atoms with Crippen molar-refractivity contribution in [3.8, 4) is 16.5 Å². The summed E-state index contributed by atoms with van der Waals surface area (Å²) in [7, 11) is 1.39.